The first-order valence-corrected chi connectivity index (χ1v) is 7.04. The van der Waals surface area contributed by atoms with Gasteiger partial charge in [0.25, 0.3) is 0 Å². The molecule has 19 heavy (non-hydrogen) atoms. The normalized spacial score (nSPS) is 12.2. The average Bonchev–Trinajstić information content (AvgIpc) is 2.38. The van der Waals surface area contributed by atoms with Crippen molar-refractivity contribution >= 4 is 17.7 Å². The van der Waals surface area contributed by atoms with E-state index in [1.165, 1.54) is 0 Å². The van der Waals surface area contributed by atoms with Gasteiger partial charge in [0.2, 0.25) is 0 Å². The Labute approximate surface area is 115 Å². The largest absolute Gasteiger partial charge is 0.465 e. The zero-order chi connectivity index (χ0) is 14.3. The molecule has 0 aliphatic heterocycles. The molecule has 6 heteroatoms. The van der Waals surface area contributed by atoms with Gasteiger partial charge >= 0.3 is 5.97 Å². The summed E-state index contributed by atoms with van der Waals surface area (Å²) in [5.74, 6) is -1.09. The van der Waals surface area contributed by atoms with Crippen molar-refractivity contribution in [3.63, 3.8) is 0 Å². The molecule has 0 aliphatic carbocycles. The summed E-state index contributed by atoms with van der Waals surface area (Å²) in [5.41, 5.74) is 0. The molecule has 1 rings (SSSR count). The highest BCUT2D eigenvalue weighted by Crippen LogP contribution is 2.23. The summed E-state index contributed by atoms with van der Waals surface area (Å²) in [5, 5.41) is 2.96. The summed E-state index contributed by atoms with van der Waals surface area (Å²) in [6, 6.07) is 2.72. The lowest BCUT2D eigenvalue weighted by Gasteiger charge is -2.16. The average molecular weight is 289 g/mol. The highest BCUT2D eigenvalue weighted by atomic mass is 32.2. The Hall–Kier alpha value is -1.14. The second-order valence-corrected chi connectivity index (χ2v) is 4.81. The van der Waals surface area contributed by atoms with Crippen LogP contribution in [0.25, 0.3) is 0 Å². The minimum atomic E-state index is -0.530. The maximum atomic E-state index is 13.4. The maximum Gasteiger partial charge on any atom is 0.323 e. The number of benzene rings is 1. The fourth-order valence-electron chi connectivity index (χ4n) is 1.46. The molecular formula is C13H17F2NO2S. The molecule has 1 atom stereocenters. The van der Waals surface area contributed by atoms with Gasteiger partial charge in [-0.1, -0.05) is 6.92 Å². The van der Waals surface area contributed by atoms with Gasteiger partial charge in [-0.25, -0.2) is 8.78 Å². The summed E-state index contributed by atoms with van der Waals surface area (Å²) < 4.78 is 31.4. The third kappa shape index (κ3) is 5.16. The lowest BCUT2D eigenvalue weighted by Crippen LogP contribution is -2.40. The number of halogens is 2. The van der Waals surface area contributed by atoms with Crippen molar-refractivity contribution in [2.24, 2.45) is 0 Å². The van der Waals surface area contributed by atoms with E-state index in [9.17, 15) is 13.6 Å². The number of thioether (sulfide) groups is 1. The predicted molar refractivity (Wildman–Crippen MR) is 71.2 cm³/mol. The van der Waals surface area contributed by atoms with E-state index in [4.69, 9.17) is 4.74 Å². The maximum absolute atomic E-state index is 13.4. The van der Waals surface area contributed by atoms with Crippen molar-refractivity contribution < 1.29 is 18.3 Å². The van der Waals surface area contributed by atoms with E-state index in [1.54, 1.807) is 6.92 Å². The molecule has 0 aromatic heterocycles. The molecule has 3 nitrogen and oxygen atoms in total. The van der Waals surface area contributed by atoms with Gasteiger partial charge in [-0.2, -0.15) is 0 Å². The number of hydrogen-bond donors (Lipinski definition) is 1. The standard InChI is InChI=1S/C13H17F2NO2S/c1-3-16-11(13(17)18-4-2)8-19-12-7-9(14)5-6-10(12)15/h5-7,11,16H,3-4,8H2,1-2H3. The van der Waals surface area contributed by atoms with Gasteiger partial charge in [-0.05, 0) is 31.7 Å². The van der Waals surface area contributed by atoms with Crippen molar-refractivity contribution in [3.05, 3.63) is 29.8 Å². The van der Waals surface area contributed by atoms with Gasteiger partial charge in [0.15, 0.2) is 0 Å². The van der Waals surface area contributed by atoms with Crippen molar-refractivity contribution in [1.82, 2.24) is 5.32 Å². The lowest BCUT2D eigenvalue weighted by molar-refractivity contribution is -0.144. The molecule has 1 unspecified atom stereocenters. The van der Waals surface area contributed by atoms with E-state index in [0.717, 1.165) is 30.0 Å². The van der Waals surface area contributed by atoms with E-state index < -0.39 is 17.7 Å². The van der Waals surface area contributed by atoms with Gasteiger partial charge in [0.1, 0.15) is 17.7 Å². The zero-order valence-electron chi connectivity index (χ0n) is 10.9. The number of esters is 1. The molecule has 1 N–H and O–H groups in total. The molecule has 1 aromatic rings. The zero-order valence-corrected chi connectivity index (χ0v) is 11.7. The molecule has 1 aromatic carbocycles. The lowest BCUT2D eigenvalue weighted by atomic mass is 10.3. The van der Waals surface area contributed by atoms with Crippen LogP contribution in [0.1, 0.15) is 13.8 Å². The van der Waals surface area contributed by atoms with Gasteiger partial charge < -0.3 is 10.1 Å². The summed E-state index contributed by atoms with van der Waals surface area (Å²) in [6.07, 6.45) is 0. The third-order valence-electron chi connectivity index (χ3n) is 2.32. The summed E-state index contributed by atoms with van der Waals surface area (Å²) in [4.78, 5) is 11.8. The number of carbonyl (C=O) groups is 1. The molecule has 106 valence electrons. The van der Waals surface area contributed by atoms with Crippen LogP contribution < -0.4 is 5.32 Å². The molecule has 0 saturated heterocycles. The van der Waals surface area contributed by atoms with Gasteiger partial charge in [-0.15, -0.1) is 11.8 Å². The van der Waals surface area contributed by atoms with Crippen LogP contribution in [0, 0.1) is 11.6 Å². The fraction of sp³-hybridized carbons (Fsp3) is 0.462. The van der Waals surface area contributed by atoms with Crippen LogP contribution in [0.5, 0.6) is 0 Å². The molecular weight excluding hydrogens is 272 g/mol. The molecule has 0 fully saturated rings. The number of nitrogens with one attached hydrogen (secondary N) is 1. The predicted octanol–water partition coefficient (Wildman–Crippen LogP) is 2.60. The second-order valence-electron chi connectivity index (χ2n) is 3.75. The first kappa shape index (κ1) is 15.9. The minimum absolute atomic E-state index is 0.187. The topological polar surface area (TPSA) is 38.3 Å². The molecule has 0 aliphatic rings. The molecule has 0 saturated carbocycles. The van der Waals surface area contributed by atoms with Crippen LogP contribution >= 0.6 is 11.8 Å². The summed E-state index contributed by atoms with van der Waals surface area (Å²) in [7, 11) is 0. The van der Waals surface area contributed by atoms with Gasteiger partial charge in [0.05, 0.1) is 6.61 Å². The van der Waals surface area contributed by atoms with Crippen LogP contribution in [0.2, 0.25) is 0 Å². The van der Waals surface area contributed by atoms with Crippen molar-refractivity contribution in [1.29, 1.82) is 0 Å². The highest BCUT2D eigenvalue weighted by molar-refractivity contribution is 7.99. The molecule has 0 bridgehead atoms. The van der Waals surface area contributed by atoms with E-state index in [2.05, 4.69) is 5.32 Å². The number of likely N-dealkylation sites (N-methyl/N-ethyl adjacent to an activating group) is 1. The number of carbonyl (C=O) groups excluding carboxylic acids is 1. The molecule has 0 radical (unpaired) electrons. The van der Waals surface area contributed by atoms with Crippen molar-refractivity contribution in [3.8, 4) is 0 Å². The molecule has 0 spiro atoms. The van der Waals surface area contributed by atoms with Crippen molar-refractivity contribution in [2.75, 3.05) is 18.9 Å². The Morgan fingerprint density at radius 3 is 2.79 bits per heavy atom. The Morgan fingerprint density at radius 2 is 2.16 bits per heavy atom. The third-order valence-corrected chi connectivity index (χ3v) is 3.44. The fourth-order valence-corrected chi connectivity index (χ4v) is 2.46. The smallest absolute Gasteiger partial charge is 0.323 e. The Kier molecular flexibility index (Phi) is 6.80. The van der Waals surface area contributed by atoms with Crippen LogP contribution in [0.4, 0.5) is 8.78 Å². The minimum Gasteiger partial charge on any atom is -0.465 e. The highest BCUT2D eigenvalue weighted by Gasteiger charge is 2.19. The van der Waals surface area contributed by atoms with E-state index in [1.807, 2.05) is 6.92 Å². The molecule has 0 amide bonds. The van der Waals surface area contributed by atoms with E-state index >= 15 is 0 Å². The van der Waals surface area contributed by atoms with E-state index in [0.29, 0.717) is 13.2 Å². The monoisotopic (exact) mass is 289 g/mol. The first-order chi connectivity index (χ1) is 9.08. The summed E-state index contributed by atoms with van der Waals surface area (Å²) in [6.45, 7) is 4.47. The quantitative estimate of drug-likeness (QED) is 0.618. The van der Waals surface area contributed by atoms with Crippen LogP contribution in [0.3, 0.4) is 0 Å². The van der Waals surface area contributed by atoms with Gasteiger partial charge in [0, 0.05) is 10.6 Å². The van der Waals surface area contributed by atoms with Crippen LogP contribution in [-0.2, 0) is 9.53 Å². The van der Waals surface area contributed by atoms with Crippen LogP contribution in [-0.4, -0.2) is 30.9 Å². The molecule has 0 heterocycles. The Morgan fingerprint density at radius 1 is 1.42 bits per heavy atom. The van der Waals surface area contributed by atoms with Crippen molar-refractivity contribution in [2.45, 2.75) is 24.8 Å². The number of ether oxygens (including phenoxy) is 1. The summed E-state index contributed by atoms with van der Waals surface area (Å²) >= 11 is 1.09. The second kappa shape index (κ2) is 8.12. The SMILES string of the molecule is CCNC(CSc1cc(F)ccc1F)C(=O)OCC. The number of rotatable bonds is 7. The number of hydrogen-bond acceptors (Lipinski definition) is 4. The van der Waals surface area contributed by atoms with Gasteiger partial charge in [-0.3, -0.25) is 4.79 Å². The van der Waals surface area contributed by atoms with Crippen LogP contribution in [0.15, 0.2) is 23.1 Å². The first-order valence-electron chi connectivity index (χ1n) is 6.06. The van der Waals surface area contributed by atoms with E-state index in [-0.39, 0.29) is 16.6 Å². The Balaban J connectivity index is 2.65. The Bertz CT molecular complexity index is 429.